The van der Waals surface area contributed by atoms with E-state index in [4.69, 9.17) is 21.3 Å². The quantitative estimate of drug-likeness (QED) is 0.358. The number of nitrogens with two attached hydrogens (primary N) is 2. The molecular weight excluding hydrogens is 346 g/mol. The molecule has 0 unspecified atom stereocenters. The second-order valence-corrected chi connectivity index (χ2v) is 6.60. The number of aromatic hydroxyl groups is 1. The Bertz CT molecular complexity index is 975. The molecule has 0 spiro atoms. The topological polar surface area (TPSA) is 94.4 Å². The molecule has 1 heterocycles. The lowest BCUT2D eigenvalue weighted by Crippen LogP contribution is -1.83. The summed E-state index contributed by atoms with van der Waals surface area (Å²) >= 11 is 1.65. The van der Waals surface area contributed by atoms with Crippen LogP contribution in [0.5, 0.6) is 11.5 Å². The van der Waals surface area contributed by atoms with Crippen LogP contribution in [0.25, 0.3) is 20.8 Å². The number of rotatable bonds is 2. The lowest BCUT2D eigenvalue weighted by molar-refractivity contribution is 0.415. The number of aromatic nitrogens is 1. The van der Waals surface area contributed by atoms with Crippen molar-refractivity contribution in [3.8, 4) is 22.1 Å². The van der Waals surface area contributed by atoms with Crippen molar-refractivity contribution < 1.29 is 9.84 Å². The number of fused-ring (bicyclic) bond motifs is 1. The van der Waals surface area contributed by atoms with E-state index in [-0.39, 0.29) is 5.75 Å². The van der Waals surface area contributed by atoms with Crippen molar-refractivity contribution in [2.75, 3.05) is 18.6 Å². The average molecular weight is 365 g/mol. The van der Waals surface area contributed by atoms with Gasteiger partial charge in [0.25, 0.3) is 0 Å². The van der Waals surface area contributed by atoms with Gasteiger partial charge in [0.2, 0.25) is 0 Å². The van der Waals surface area contributed by atoms with Gasteiger partial charge in [-0.05, 0) is 66.7 Å². The Morgan fingerprint density at radius 1 is 0.885 bits per heavy atom. The van der Waals surface area contributed by atoms with E-state index in [1.54, 1.807) is 42.7 Å². The number of methoxy groups -OCH3 is 1. The standard InChI is InChI=1S/C14H12N2OS.C6H7NO/c1-17-11-6-7-12-13(8-11)18-14(16-12)9-2-4-10(15)5-3-9;7-5-1-3-6(8)4-2-5/h2-8H,15H2,1H3;1-4,8H,7H2. The zero-order valence-electron chi connectivity index (χ0n) is 14.2. The van der Waals surface area contributed by atoms with Crippen LogP contribution in [0.1, 0.15) is 0 Å². The van der Waals surface area contributed by atoms with Gasteiger partial charge in [-0.1, -0.05) is 0 Å². The van der Waals surface area contributed by atoms with Gasteiger partial charge in [0.05, 0.1) is 17.3 Å². The third kappa shape index (κ3) is 4.23. The van der Waals surface area contributed by atoms with Gasteiger partial charge in [0.15, 0.2) is 0 Å². The van der Waals surface area contributed by atoms with Gasteiger partial charge in [-0.15, -0.1) is 11.3 Å². The smallest absolute Gasteiger partial charge is 0.124 e. The first-order valence-electron chi connectivity index (χ1n) is 7.90. The molecule has 4 rings (SSSR count). The third-order valence-corrected chi connectivity index (χ3v) is 4.71. The van der Waals surface area contributed by atoms with Gasteiger partial charge >= 0.3 is 0 Å². The minimum atomic E-state index is 0.249. The summed E-state index contributed by atoms with van der Waals surface area (Å²) in [4.78, 5) is 4.61. The first-order valence-corrected chi connectivity index (χ1v) is 8.72. The number of nitrogen functional groups attached to an aromatic ring is 2. The molecule has 4 aromatic rings. The van der Waals surface area contributed by atoms with Crippen LogP contribution < -0.4 is 16.2 Å². The van der Waals surface area contributed by atoms with Crippen molar-refractivity contribution >= 4 is 32.9 Å². The molecule has 0 saturated heterocycles. The number of phenolic OH excluding ortho intramolecular Hbond substituents is 1. The highest BCUT2D eigenvalue weighted by molar-refractivity contribution is 7.21. The highest BCUT2D eigenvalue weighted by Crippen LogP contribution is 2.32. The number of hydrogen-bond donors (Lipinski definition) is 3. The summed E-state index contributed by atoms with van der Waals surface area (Å²) in [6, 6.07) is 20.1. The van der Waals surface area contributed by atoms with E-state index in [9.17, 15) is 0 Å². The normalized spacial score (nSPS) is 10.2. The minimum absolute atomic E-state index is 0.249. The Balaban J connectivity index is 0.000000206. The van der Waals surface area contributed by atoms with Gasteiger partial charge < -0.3 is 21.3 Å². The zero-order chi connectivity index (χ0) is 18.5. The van der Waals surface area contributed by atoms with Crippen LogP contribution in [-0.4, -0.2) is 17.2 Å². The van der Waals surface area contributed by atoms with E-state index in [0.29, 0.717) is 5.69 Å². The molecule has 5 nitrogen and oxygen atoms in total. The van der Waals surface area contributed by atoms with Crippen molar-refractivity contribution in [2.24, 2.45) is 0 Å². The maximum atomic E-state index is 8.70. The van der Waals surface area contributed by atoms with E-state index in [2.05, 4.69) is 4.98 Å². The summed E-state index contributed by atoms with van der Waals surface area (Å²) in [5.74, 6) is 1.11. The fourth-order valence-electron chi connectivity index (χ4n) is 2.26. The fourth-order valence-corrected chi connectivity index (χ4v) is 3.25. The number of phenols is 1. The average Bonchev–Trinajstić information content (AvgIpc) is 3.08. The van der Waals surface area contributed by atoms with Crippen LogP contribution in [-0.2, 0) is 0 Å². The van der Waals surface area contributed by atoms with Crippen molar-refractivity contribution in [3.63, 3.8) is 0 Å². The van der Waals surface area contributed by atoms with Crippen LogP contribution in [0, 0.1) is 0 Å². The second kappa shape index (κ2) is 7.76. The van der Waals surface area contributed by atoms with E-state index in [1.807, 2.05) is 42.5 Å². The van der Waals surface area contributed by atoms with Crippen molar-refractivity contribution in [2.45, 2.75) is 0 Å². The maximum Gasteiger partial charge on any atom is 0.124 e. The fraction of sp³-hybridized carbons (Fsp3) is 0.0500. The Morgan fingerprint density at radius 2 is 1.50 bits per heavy atom. The van der Waals surface area contributed by atoms with Crippen LogP contribution in [0.3, 0.4) is 0 Å². The van der Waals surface area contributed by atoms with Crippen LogP contribution in [0.2, 0.25) is 0 Å². The molecule has 0 fully saturated rings. The first kappa shape index (κ1) is 17.6. The Kier molecular flexibility index (Phi) is 5.24. The molecule has 1 aromatic heterocycles. The van der Waals surface area contributed by atoms with E-state index < -0.39 is 0 Å². The number of anilines is 2. The molecule has 0 aliphatic heterocycles. The first-order chi connectivity index (χ1) is 12.5. The molecule has 0 atom stereocenters. The van der Waals surface area contributed by atoms with Gasteiger partial charge in [-0.2, -0.15) is 0 Å². The highest BCUT2D eigenvalue weighted by Gasteiger charge is 2.06. The minimum Gasteiger partial charge on any atom is -0.508 e. The Labute approximate surface area is 155 Å². The van der Waals surface area contributed by atoms with Gasteiger partial charge in [0, 0.05) is 16.9 Å². The molecule has 3 aromatic carbocycles. The molecule has 0 amide bonds. The molecule has 0 aliphatic carbocycles. The molecular formula is C20H19N3O2S. The van der Waals surface area contributed by atoms with E-state index in [0.717, 1.165) is 32.2 Å². The molecule has 26 heavy (non-hydrogen) atoms. The van der Waals surface area contributed by atoms with Crippen LogP contribution >= 0.6 is 11.3 Å². The highest BCUT2D eigenvalue weighted by atomic mass is 32.1. The molecule has 0 bridgehead atoms. The van der Waals surface area contributed by atoms with Gasteiger partial charge in [0.1, 0.15) is 16.5 Å². The van der Waals surface area contributed by atoms with Crippen LogP contribution in [0.15, 0.2) is 66.7 Å². The van der Waals surface area contributed by atoms with Crippen molar-refractivity contribution in [1.82, 2.24) is 4.98 Å². The van der Waals surface area contributed by atoms with Crippen LogP contribution in [0.4, 0.5) is 11.4 Å². The molecule has 0 aliphatic rings. The van der Waals surface area contributed by atoms with Gasteiger partial charge in [-0.25, -0.2) is 4.98 Å². The summed E-state index contributed by atoms with van der Waals surface area (Å²) in [5, 5.41) is 9.70. The number of ether oxygens (including phenoxy) is 1. The number of hydrogen-bond acceptors (Lipinski definition) is 6. The molecule has 5 N–H and O–H groups in total. The third-order valence-electron chi connectivity index (χ3n) is 3.65. The second-order valence-electron chi connectivity index (χ2n) is 5.57. The largest absolute Gasteiger partial charge is 0.508 e. The Morgan fingerprint density at radius 3 is 2.08 bits per heavy atom. The molecule has 132 valence electrons. The summed E-state index contributed by atoms with van der Waals surface area (Å²) in [6.45, 7) is 0. The van der Waals surface area contributed by atoms with Gasteiger partial charge in [-0.3, -0.25) is 0 Å². The molecule has 6 heteroatoms. The molecule has 0 radical (unpaired) electrons. The summed E-state index contributed by atoms with van der Waals surface area (Å²) in [6.07, 6.45) is 0. The number of benzene rings is 3. The van der Waals surface area contributed by atoms with E-state index in [1.165, 1.54) is 0 Å². The lowest BCUT2D eigenvalue weighted by atomic mass is 10.2. The maximum absolute atomic E-state index is 8.70. The zero-order valence-corrected chi connectivity index (χ0v) is 15.0. The van der Waals surface area contributed by atoms with Crippen molar-refractivity contribution in [1.29, 1.82) is 0 Å². The summed E-state index contributed by atoms with van der Waals surface area (Å²) in [5.41, 5.74) is 14.5. The predicted octanol–water partition coefficient (Wildman–Crippen LogP) is 4.53. The number of thiazole rings is 1. The lowest BCUT2D eigenvalue weighted by Gasteiger charge is -1.96. The molecule has 0 saturated carbocycles. The van der Waals surface area contributed by atoms with Crippen molar-refractivity contribution in [3.05, 3.63) is 66.7 Å². The number of nitrogens with zero attached hydrogens (tertiary/aromatic N) is 1. The monoisotopic (exact) mass is 365 g/mol. The predicted molar refractivity (Wildman–Crippen MR) is 109 cm³/mol. The SMILES string of the molecule is COc1ccc2nc(-c3ccc(N)cc3)sc2c1.Nc1ccc(O)cc1. The Hall–Kier alpha value is -3.25. The van der Waals surface area contributed by atoms with E-state index >= 15 is 0 Å². The summed E-state index contributed by atoms with van der Waals surface area (Å²) < 4.78 is 6.34. The summed E-state index contributed by atoms with van der Waals surface area (Å²) in [7, 11) is 1.67.